The highest BCUT2D eigenvalue weighted by Gasteiger charge is 2.32. The molecule has 0 aromatic heterocycles. The summed E-state index contributed by atoms with van der Waals surface area (Å²) in [6.07, 6.45) is 7.87. The van der Waals surface area contributed by atoms with Gasteiger partial charge in [-0.25, -0.2) is 0 Å². The van der Waals surface area contributed by atoms with Gasteiger partial charge in [-0.15, -0.1) is 0 Å². The maximum Gasteiger partial charge on any atom is 0.323 e. The molecule has 1 aliphatic carbocycles. The van der Waals surface area contributed by atoms with Gasteiger partial charge in [0.25, 0.3) is 0 Å². The molecule has 0 amide bonds. The maximum absolute atomic E-state index is 12.2. The summed E-state index contributed by atoms with van der Waals surface area (Å²) in [6.45, 7) is 7.77. The molecule has 1 N–H and O–H groups in total. The quantitative estimate of drug-likeness (QED) is 0.798. The van der Waals surface area contributed by atoms with E-state index in [2.05, 4.69) is 26.1 Å². The fraction of sp³-hybridized carbons (Fsp3) is 0.938. The number of carbonyl (C=O) groups is 1. The first-order chi connectivity index (χ1) is 9.00. The Hall–Kier alpha value is -0.570. The van der Waals surface area contributed by atoms with E-state index in [1.165, 1.54) is 25.7 Å². The highest BCUT2D eigenvalue weighted by molar-refractivity contribution is 5.76. The topological polar surface area (TPSA) is 38.3 Å². The van der Waals surface area contributed by atoms with Crippen LogP contribution < -0.4 is 5.32 Å². The summed E-state index contributed by atoms with van der Waals surface area (Å²) in [5.41, 5.74) is 0.430. The third kappa shape index (κ3) is 4.20. The van der Waals surface area contributed by atoms with Gasteiger partial charge in [-0.1, -0.05) is 27.2 Å². The summed E-state index contributed by atoms with van der Waals surface area (Å²) in [5.74, 6) is 0.673. The predicted octanol–water partition coefficient (Wildman–Crippen LogP) is 3.28. The molecule has 1 heterocycles. The Morgan fingerprint density at radius 2 is 1.95 bits per heavy atom. The fourth-order valence-electron chi connectivity index (χ4n) is 3.28. The lowest BCUT2D eigenvalue weighted by Crippen LogP contribution is -2.45. The Bertz CT molecular complexity index is 304. The number of piperidine rings is 1. The van der Waals surface area contributed by atoms with Crippen molar-refractivity contribution >= 4 is 5.97 Å². The van der Waals surface area contributed by atoms with E-state index in [-0.39, 0.29) is 18.1 Å². The van der Waals surface area contributed by atoms with Crippen molar-refractivity contribution in [1.29, 1.82) is 0 Å². The summed E-state index contributed by atoms with van der Waals surface area (Å²) < 4.78 is 5.72. The third-order valence-electron chi connectivity index (χ3n) is 4.94. The number of nitrogens with one attached hydrogen (secondary N) is 1. The SMILES string of the molecule is CCC1CCNC(C(=O)OC2CCC(C)(C)CC2)C1. The largest absolute Gasteiger partial charge is 0.461 e. The highest BCUT2D eigenvalue weighted by atomic mass is 16.5. The minimum absolute atomic E-state index is 0.0112. The minimum atomic E-state index is -0.0614. The number of esters is 1. The zero-order chi connectivity index (χ0) is 13.9. The molecular weight excluding hydrogens is 238 g/mol. The first-order valence-electron chi connectivity index (χ1n) is 7.94. The molecule has 0 radical (unpaired) electrons. The summed E-state index contributed by atoms with van der Waals surface area (Å²) in [5, 5.41) is 3.31. The van der Waals surface area contributed by atoms with Crippen molar-refractivity contribution in [2.24, 2.45) is 11.3 Å². The van der Waals surface area contributed by atoms with E-state index >= 15 is 0 Å². The van der Waals surface area contributed by atoms with Crippen molar-refractivity contribution in [3.63, 3.8) is 0 Å². The van der Waals surface area contributed by atoms with E-state index in [4.69, 9.17) is 4.74 Å². The average Bonchev–Trinajstić information content (AvgIpc) is 2.41. The van der Waals surface area contributed by atoms with Crippen LogP contribution in [0.15, 0.2) is 0 Å². The summed E-state index contributed by atoms with van der Waals surface area (Å²) in [4.78, 5) is 12.2. The molecule has 3 heteroatoms. The van der Waals surface area contributed by atoms with Crippen LogP contribution in [-0.2, 0) is 9.53 Å². The van der Waals surface area contributed by atoms with E-state index in [0.29, 0.717) is 11.3 Å². The Kier molecular flexibility index (Phi) is 4.88. The monoisotopic (exact) mass is 267 g/mol. The lowest BCUT2D eigenvalue weighted by molar-refractivity contribution is -0.155. The standard InChI is InChI=1S/C16H29NO2/c1-4-12-7-10-17-14(11-12)15(18)19-13-5-8-16(2,3)9-6-13/h12-14,17H,4-11H2,1-3H3. The van der Waals surface area contributed by atoms with Crippen LogP contribution in [0.3, 0.4) is 0 Å². The minimum Gasteiger partial charge on any atom is -0.461 e. The smallest absolute Gasteiger partial charge is 0.323 e. The van der Waals surface area contributed by atoms with E-state index in [1.54, 1.807) is 0 Å². The molecule has 19 heavy (non-hydrogen) atoms. The van der Waals surface area contributed by atoms with Crippen molar-refractivity contribution in [2.75, 3.05) is 6.54 Å². The normalized spacial score (nSPS) is 31.9. The number of hydrogen-bond donors (Lipinski definition) is 1. The molecule has 1 aliphatic heterocycles. The second-order valence-electron chi connectivity index (χ2n) is 7.11. The van der Waals surface area contributed by atoms with E-state index in [0.717, 1.165) is 25.8 Å². The third-order valence-corrected chi connectivity index (χ3v) is 4.94. The summed E-state index contributed by atoms with van der Waals surface area (Å²) in [7, 11) is 0. The molecule has 2 unspecified atom stereocenters. The molecule has 3 nitrogen and oxygen atoms in total. The molecule has 110 valence electrons. The Morgan fingerprint density at radius 1 is 1.26 bits per heavy atom. The molecule has 1 saturated carbocycles. The molecule has 0 aromatic rings. The van der Waals surface area contributed by atoms with Crippen LogP contribution >= 0.6 is 0 Å². The van der Waals surface area contributed by atoms with Gasteiger partial charge >= 0.3 is 5.97 Å². The van der Waals surface area contributed by atoms with Crippen LogP contribution in [0.25, 0.3) is 0 Å². The van der Waals surface area contributed by atoms with Crippen molar-refractivity contribution in [2.45, 2.75) is 77.9 Å². The average molecular weight is 267 g/mol. The Labute approximate surface area is 117 Å². The molecule has 2 rings (SSSR count). The zero-order valence-corrected chi connectivity index (χ0v) is 12.7. The van der Waals surface area contributed by atoms with Crippen molar-refractivity contribution < 1.29 is 9.53 Å². The molecule has 0 spiro atoms. The van der Waals surface area contributed by atoms with Crippen molar-refractivity contribution in [1.82, 2.24) is 5.32 Å². The van der Waals surface area contributed by atoms with Crippen LogP contribution in [0.5, 0.6) is 0 Å². The van der Waals surface area contributed by atoms with Crippen LogP contribution in [0.1, 0.15) is 65.7 Å². The number of carbonyl (C=O) groups excluding carboxylic acids is 1. The van der Waals surface area contributed by atoms with Gasteiger partial charge in [-0.2, -0.15) is 0 Å². The van der Waals surface area contributed by atoms with Gasteiger partial charge in [0.2, 0.25) is 0 Å². The lowest BCUT2D eigenvalue weighted by Gasteiger charge is -2.35. The first kappa shape index (κ1) is 14.8. The van der Waals surface area contributed by atoms with E-state index in [9.17, 15) is 4.79 Å². The Balaban J connectivity index is 1.78. The molecule has 0 aromatic carbocycles. The lowest BCUT2D eigenvalue weighted by atomic mass is 9.76. The van der Waals surface area contributed by atoms with Crippen LogP contribution in [0, 0.1) is 11.3 Å². The molecule has 1 saturated heterocycles. The molecule has 0 bridgehead atoms. The van der Waals surface area contributed by atoms with Gasteiger partial charge < -0.3 is 10.1 Å². The van der Waals surface area contributed by atoms with Gasteiger partial charge in [0.05, 0.1) is 0 Å². The van der Waals surface area contributed by atoms with Crippen molar-refractivity contribution in [3.8, 4) is 0 Å². The predicted molar refractivity (Wildman–Crippen MR) is 76.9 cm³/mol. The maximum atomic E-state index is 12.2. The van der Waals surface area contributed by atoms with Crippen LogP contribution in [0.2, 0.25) is 0 Å². The molecular formula is C16H29NO2. The van der Waals surface area contributed by atoms with Crippen LogP contribution in [-0.4, -0.2) is 24.7 Å². The fourth-order valence-corrected chi connectivity index (χ4v) is 3.28. The number of rotatable bonds is 3. The second-order valence-corrected chi connectivity index (χ2v) is 7.11. The Morgan fingerprint density at radius 3 is 2.58 bits per heavy atom. The molecule has 2 atom stereocenters. The molecule has 2 fully saturated rings. The number of hydrogen-bond acceptors (Lipinski definition) is 3. The summed E-state index contributed by atoms with van der Waals surface area (Å²) >= 11 is 0. The highest BCUT2D eigenvalue weighted by Crippen LogP contribution is 2.36. The van der Waals surface area contributed by atoms with Crippen molar-refractivity contribution in [3.05, 3.63) is 0 Å². The summed E-state index contributed by atoms with van der Waals surface area (Å²) in [6, 6.07) is -0.0614. The van der Waals surface area contributed by atoms with Gasteiger partial charge in [-0.3, -0.25) is 4.79 Å². The van der Waals surface area contributed by atoms with E-state index in [1.807, 2.05) is 0 Å². The van der Waals surface area contributed by atoms with Gasteiger partial charge in [0.1, 0.15) is 12.1 Å². The van der Waals surface area contributed by atoms with E-state index < -0.39 is 0 Å². The van der Waals surface area contributed by atoms with Gasteiger partial charge in [0, 0.05) is 0 Å². The van der Waals surface area contributed by atoms with Crippen LogP contribution in [0.4, 0.5) is 0 Å². The first-order valence-corrected chi connectivity index (χ1v) is 7.94. The van der Waals surface area contributed by atoms with Gasteiger partial charge in [-0.05, 0) is 56.4 Å². The number of ether oxygens (including phenoxy) is 1. The molecule has 2 aliphatic rings. The second kappa shape index (κ2) is 6.25. The van der Waals surface area contributed by atoms with Gasteiger partial charge in [0.15, 0.2) is 0 Å². The zero-order valence-electron chi connectivity index (χ0n) is 12.7.